The van der Waals surface area contributed by atoms with Crippen LogP contribution in [0.1, 0.15) is 36.4 Å². The first kappa shape index (κ1) is 14.8. The number of hydrogen-bond acceptors (Lipinski definition) is 4. The number of ether oxygens (including phenoxy) is 1. The summed E-state index contributed by atoms with van der Waals surface area (Å²) in [4.78, 5) is 0. The van der Waals surface area contributed by atoms with Crippen LogP contribution in [0.25, 0.3) is 0 Å². The summed E-state index contributed by atoms with van der Waals surface area (Å²) in [5, 5.41) is 7.85. The predicted octanol–water partition coefficient (Wildman–Crippen LogP) is 2.58. The Bertz CT molecular complexity index is 505. The second-order valence-corrected chi connectivity index (χ2v) is 5.00. The van der Waals surface area contributed by atoms with Crippen molar-refractivity contribution in [1.29, 1.82) is 0 Å². The lowest BCUT2D eigenvalue weighted by Gasteiger charge is -2.12. The third-order valence-corrected chi connectivity index (χ3v) is 3.26. The number of aromatic nitrogens is 2. The van der Waals surface area contributed by atoms with Crippen LogP contribution in [0.4, 0.5) is 0 Å². The molecule has 0 spiro atoms. The molecule has 0 saturated carbocycles. The highest BCUT2D eigenvalue weighted by molar-refractivity contribution is 5.19. The molecule has 0 aliphatic carbocycles. The maximum Gasteiger partial charge on any atom is 0.129 e. The number of furan rings is 1. The van der Waals surface area contributed by atoms with Crippen molar-refractivity contribution in [2.45, 2.75) is 32.9 Å². The summed E-state index contributed by atoms with van der Waals surface area (Å²) in [6, 6.07) is 4.11. The van der Waals surface area contributed by atoms with Gasteiger partial charge in [-0.15, -0.1) is 0 Å². The topological polar surface area (TPSA) is 52.2 Å². The standard InChI is InChI=1S/C15H23N3O2/c1-12(15-10-18(3)17-13(15)2)16-7-5-8-19-11-14-6-4-9-20-14/h4,6,9-10,12,16H,5,7-8,11H2,1-3H3. The van der Waals surface area contributed by atoms with Gasteiger partial charge in [0.15, 0.2) is 0 Å². The Balaban J connectivity index is 1.60. The summed E-state index contributed by atoms with van der Waals surface area (Å²) in [5.41, 5.74) is 2.34. The number of aryl methyl sites for hydroxylation is 2. The normalized spacial score (nSPS) is 12.8. The summed E-state index contributed by atoms with van der Waals surface area (Å²) < 4.78 is 12.6. The fourth-order valence-electron chi connectivity index (χ4n) is 2.21. The molecule has 0 fully saturated rings. The van der Waals surface area contributed by atoms with E-state index in [0.29, 0.717) is 12.6 Å². The zero-order valence-corrected chi connectivity index (χ0v) is 12.4. The fraction of sp³-hybridized carbons (Fsp3) is 0.533. The molecule has 0 aliphatic heterocycles. The Kier molecular flexibility index (Phi) is 5.38. The average molecular weight is 277 g/mol. The molecule has 5 nitrogen and oxygen atoms in total. The Morgan fingerprint density at radius 2 is 2.35 bits per heavy atom. The summed E-state index contributed by atoms with van der Waals surface area (Å²) in [7, 11) is 1.95. The first-order valence-corrected chi connectivity index (χ1v) is 7.00. The minimum Gasteiger partial charge on any atom is -0.467 e. The van der Waals surface area contributed by atoms with E-state index in [0.717, 1.165) is 31.0 Å². The molecular formula is C15H23N3O2. The number of rotatable bonds is 8. The molecule has 1 unspecified atom stereocenters. The summed E-state index contributed by atoms with van der Waals surface area (Å²) in [6.07, 6.45) is 4.71. The van der Waals surface area contributed by atoms with Gasteiger partial charge >= 0.3 is 0 Å². The highest BCUT2D eigenvalue weighted by atomic mass is 16.5. The van der Waals surface area contributed by atoms with Gasteiger partial charge < -0.3 is 14.5 Å². The van der Waals surface area contributed by atoms with E-state index in [1.807, 2.05) is 30.8 Å². The van der Waals surface area contributed by atoms with Gasteiger partial charge in [-0.3, -0.25) is 4.68 Å². The summed E-state index contributed by atoms with van der Waals surface area (Å²) in [5.74, 6) is 0.873. The molecule has 0 saturated heterocycles. The Morgan fingerprint density at radius 1 is 1.50 bits per heavy atom. The molecule has 0 amide bonds. The summed E-state index contributed by atoms with van der Waals surface area (Å²) in [6.45, 7) is 6.40. The zero-order valence-electron chi connectivity index (χ0n) is 12.4. The second-order valence-electron chi connectivity index (χ2n) is 5.00. The number of nitrogens with one attached hydrogen (secondary N) is 1. The summed E-state index contributed by atoms with van der Waals surface area (Å²) >= 11 is 0. The molecule has 110 valence electrons. The first-order chi connectivity index (χ1) is 9.66. The molecule has 2 aromatic heterocycles. The van der Waals surface area contributed by atoms with Crippen molar-refractivity contribution >= 4 is 0 Å². The molecule has 2 rings (SSSR count). The predicted molar refractivity (Wildman–Crippen MR) is 77.3 cm³/mol. The molecular weight excluding hydrogens is 254 g/mol. The first-order valence-electron chi connectivity index (χ1n) is 7.00. The lowest BCUT2D eigenvalue weighted by molar-refractivity contribution is 0.104. The minimum absolute atomic E-state index is 0.314. The van der Waals surface area contributed by atoms with Gasteiger partial charge in [-0.25, -0.2) is 0 Å². The largest absolute Gasteiger partial charge is 0.467 e. The van der Waals surface area contributed by atoms with Crippen molar-refractivity contribution in [2.75, 3.05) is 13.2 Å². The van der Waals surface area contributed by atoms with E-state index in [1.54, 1.807) is 6.26 Å². The number of nitrogens with zero attached hydrogens (tertiary/aromatic N) is 2. The maximum absolute atomic E-state index is 5.54. The van der Waals surface area contributed by atoms with E-state index in [-0.39, 0.29) is 0 Å². The molecule has 1 N–H and O–H groups in total. The van der Waals surface area contributed by atoms with E-state index in [1.165, 1.54) is 5.56 Å². The Hall–Kier alpha value is -1.59. The maximum atomic E-state index is 5.54. The minimum atomic E-state index is 0.314. The molecule has 1 atom stereocenters. The number of hydrogen-bond donors (Lipinski definition) is 1. The highest BCUT2D eigenvalue weighted by Gasteiger charge is 2.10. The van der Waals surface area contributed by atoms with Crippen LogP contribution in [0.3, 0.4) is 0 Å². The Labute approximate surface area is 119 Å². The van der Waals surface area contributed by atoms with Crippen LogP contribution in [0, 0.1) is 6.92 Å². The smallest absolute Gasteiger partial charge is 0.129 e. The van der Waals surface area contributed by atoms with Crippen LogP contribution < -0.4 is 5.32 Å². The van der Waals surface area contributed by atoms with Gasteiger partial charge in [0, 0.05) is 31.5 Å². The molecule has 5 heteroatoms. The third-order valence-electron chi connectivity index (χ3n) is 3.26. The van der Waals surface area contributed by atoms with Crippen molar-refractivity contribution in [3.8, 4) is 0 Å². The van der Waals surface area contributed by atoms with E-state index in [9.17, 15) is 0 Å². The van der Waals surface area contributed by atoms with Crippen LogP contribution in [0.5, 0.6) is 0 Å². The van der Waals surface area contributed by atoms with E-state index in [4.69, 9.17) is 9.15 Å². The lowest BCUT2D eigenvalue weighted by atomic mass is 10.1. The fourth-order valence-corrected chi connectivity index (χ4v) is 2.21. The van der Waals surface area contributed by atoms with Gasteiger partial charge in [0.1, 0.15) is 12.4 Å². The van der Waals surface area contributed by atoms with Gasteiger partial charge in [0.05, 0.1) is 12.0 Å². The van der Waals surface area contributed by atoms with Crippen molar-refractivity contribution in [1.82, 2.24) is 15.1 Å². The van der Waals surface area contributed by atoms with Crippen LogP contribution in [-0.4, -0.2) is 22.9 Å². The quantitative estimate of drug-likeness (QED) is 0.754. The lowest BCUT2D eigenvalue weighted by Crippen LogP contribution is -2.21. The van der Waals surface area contributed by atoms with Gasteiger partial charge in [0.2, 0.25) is 0 Å². The van der Waals surface area contributed by atoms with Crippen molar-refractivity contribution in [3.05, 3.63) is 41.6 Å². The van der Waals surface area contributed by atoms with Gasteiger partial charge in [-0.05, 0) is 38.9 Å². The average Bonchev–Trinajstić information content (AvgIpc) is 3.03. The van der Waals surface area contributed by atoms with Crippen LogP contribution in [0.2, 0.25) is 0 Å². The van der Waals surface area contributed by atoms with Gasteiger partial charge in [-0.1, -0.05) is 0 Å². The highest BCUT2D eigenvalue weighted by Crippen LogP contribution is 2.15. The molecule has 0 aliphatic rings. The second kappa shape index (κ2) is 7.26. The third kappa shape index (κ3) is 4.21. The van der Waals surface area contributed by atoms with Crippen LogP contribution in [-0.2, 0) is 18.4 Å². The molecule has 20 heavy (non-hydrogen) atoms. The van der Waals surface area contributed by atoms with Gasteiger partial charge in [-0.2, -0.15) is 5.10 Å². The van der Waals surface area contributed by atoms with Crippen LogP contribution in [0.15, 0.2) is 29.0 Å². The molecule has 0 bridgehead atoms. The molecule has 0 radical (unpaired) electrons. The Morgan fingerprint density at radius 3 is 3.00 bits per heavy atom. The molecule has 0 aromatic carbocycles. The van der Waals surface area contributed by atoms with E-state index < -0.39 is 0 Å². The van der Waals surface area contributed by atoms with Crippen LogP contribution >= 0.6 is 0 Å². The molecule has 2 heterocycles. The van der Waals surface area contributed by atoms with Crippen molar-refractivity contribution in [3.63, 3.8) is 0 Å². The van der Waals surface area contributed by atoms with E-state index >= 15 is 0 Å². The van der Waals surface area contributed by atoms with E-state index in [2.05, 4.69) is 23.5 Å². The van der Waals surface area contributed by atoms with Gasteiger partial charge in [0.25, 0.3) is 0 Å². The van der Waals surface area contributed by atoms with Crippen molar-refractivity contribution < 1.29 is 9.15 Å². The monoisotopic (exact) mass is 277 g/mol. The molecule has 2 aromatic rings. The van der Waals surface area contributed by atoms with Crippen molar-refractivity contribution in [2.24, 2.45) is 7.05 Å². The SMILES string of the molecule is Cc1nn(C)cc1C(C)NCCCOCc1ccco1. The zero-order chi connectivity index (χ0) is 14.4.